The Kier molecular flexibility index (Phi) is 2.91. The Labute approximate surface area is 133 Å². The first-order chi connectivity index (χ1) is 11.2. The highest BCUT2D eigenvalue weighted by atomic mass is 16.2. The Morgan fingerprint density at radius 3 is 2.52 bits per heavy atom. The molecule has 0 saturated carbocycles. The Bertz CT molecular complexity index is 948. The minimum atomic E-state index is -0.163. The SMILES string of the molecule is CN1C(=O)c2cccc3c(NC(=O)c4ccccc4)ccc1c23. The number of carbonyl (C=O) groups is 2. The van der Waals surface area contributed by atoms with Crippen molar-refractivity contribution in [3.05, 3.63) is 71.8 Å². The van der Waals surface area contributed by atoms with Gasteiger partial charge in [-0.05, 0) is 30.3 Å². The maximum Gasteiger partial charge on any atom is 0.258 e. The number of nitrogens with zero attached hydrogens (tertiary/aromatic N) is 1. The average Bonchev–Trinajstić information content (AvgIpc) is 2.84. The molecule has 4 nitrogen and oxygen atoms in total. The van der Waals surface area contributed by atoms with Gasteiger partial charge in [0.25, 0.3) is 11.8 Å². The second-order valence-corrected chi connectivity index (χ2v) is 5.54. The lowest BCUT2D eigenvalue weighted by molar-refractivity contribution is 0.0996. The number of amides is 2. The molecule has 0 bridgehead atoms. The average molecular weight is 302 g/mol. The van der Waals surface area contributed by atoms with Gasteiger partial charge < -0.3 is 10.2 Å². The van der Waals surface area contributed by atoms with E-state index >= 15 is 0 Å². The van der Waals surface area contributed by atoms with Gasteiger partial charge >= 0.3 is 0 Å². The molecule has 0 radical (unpaired) electrons. The van der Waals surface area contributed by atoms with Crippen LogP contribution in [0.15, 0.2) is 60.7 Å². The number of benzene rings is 3. The molecule has 1 N–H and O–H groups in total. The quantitative estimate of drug-likeness (QED) is 0.785. The zero-order valence-electron chi connectivity index (χ0n) is 12.5. The first-order valence-corrected chi connectivity index (χ1v) is 7.37. The number of anilines is 2. The molecule has 2 amide bonds. The molecule has 0 aliphatic carbocycles. The van der Waals surface area contributed by atoms with Crippen LogP contribution in [-0.2, 0) is 0 Å². The van der Waals surface area contributed by atoms with Crippen molar-refractivity contribution >= 4 is 34.0 Å². The minimum absolute atomic E-state index is 0.0165. The standard InChI is InChI=1S/C19H14N2O2/c1-21-16-11-10-15(20-18(22)12-6-3-2-4-7-12)13-8-5-9-14(17(13)16)19(21)23/h2-11H,1H3,(H,20,22). The third-order valence-electron chi connectivity index (χ3n) is 4.20. The van der Waals surface area contributed by atoms with Gasteiger partial charge in [-0.2, -0.15) is 0 Å². The molecule has 1 heterocycles. The van der Waals surface area contributed by atoms with Crippen molar-refractivity contribution in [1.82, 2.24) is 0 Å². The number of hydrogen-bond donors (Lipinski definition) is 1. The molecule has 3 aromatic carbocycles. The Morgan fingerprint density at radius 1 is 0.957 bits per heavy atom. The molecule has 1 aliphatic heterocycles. The van der Waals surface area contributed by atoms with Crippen LogP contribution in [0.25, 0.3) is 10.8 Å². The number of carbonyl (C=O) groups excluding carboxylic acids is 2. The van der Waals surface area contributed by atoms with E-state index < -0.39 is 0 Å². The molecule has 112 valence electrons. The highest BCUT2D eigenvalue weighted by Gasteiger charge is 2.27. The van der Waals surface area contributed by atoms with E-state index in [1.165, 1.54) is 0 Å². The first-order valence-electron chi connectivity index (χ1n) is 7.37. The van der Waals surface area contributed by atoms with Crippen molar-refractivity contribution in [3.63, 3.8) is 0 Å². The minimum Gasteiger partial charge on any atom is -0.321 e. The summed E-state index contributed by atoms with van der Waals surface area (Å²) < 4.78 is 0. The summed E-state index contributed by atoms with van der Waals surface area (Å²) in [6.07, 6.45) is 0. The summed E-state index contributed by atoms with van der Waals surface area (Å²) >= 11 is 0. The van der Waals surface area contributed by atoms with E-state index in [2.05, 4.69) is 5.32 Å². The highest BCUT2D eigenvalue weighted by molar-refractivity contribution is 6.27. The lowest BCUT2D eigenvalue weighted by atomic mass is 10.0. The van der Waals surface area contributed by atoms with Crippen LogP contribution in [0.3, 0.4) is 0 Å². The van der Waals surface area contributed by atoms with E-state index in [1.54, 1.807) is 24.1 Å². The molecule has 0 aromatic heterocycles. The van der Waals surface area contributed by atoms with Crippen molar-refractivity contribution in [2.45, 2.75) is 0 Å². The van der Waals surface area contributed by atoms with Crippen LogP contribution < -0.4 is 10.2 Å². The van der Waals surface area contributed by atoms with E-state index in [9.17, 15) is 9.59 Å². The fourth-order valence-electron chi connectivity index (χ4n) is 3.03. The van der Waals surface area contributed by atoms with Crippen LogP contribution >= 0.6 is 0 Å². The van der Waals surface area contributed by atoms with Gasteiger partial charge in [0.1, 0.15) is 0 Å². The largest absolute Gasteiger partial charge is 0.321 e. The molecule has 4 heteroatoms. The highest BCUT2D eigenvalue weighted by Crippen LogP contribution is 2.39. The molecular formula is C19H14N2O2. The molecule has 3 aromatic rings. The summed E-state index contributed by atoms with van der Waals surface area (Å²) in [5.74, 6) is -0.180. The molecule has 23 heavy (non-hydrogen) atoms. The van der Waals surface area contributed by atoms with Crippen LogP contribution in [0.2, 0.25) is 0 Å². The summed E-state index contributed by atoms with van der Waals surface area (Å²) in [4.78, 5) is 26.3. The van der Waals surface area contributed by atoms with Crippen LogP contribution in [0.1, 0.15) is 20.7 Å². The molecule has 0 unspecified atom stereocenters. The van der Waals surface area contributed by atoms with Gasteiger partial charge in [0, 0.05) is 34.6 Å². The van der Waals surface area contributed by atoms with Crippen molar-refractivity contribution in [1.29, 1.82) is 0 Å². The van der Waals surface area contributed by atoms with Gasteiger partial charge in [-0.25, -0.2) is 0 Å². The topological polar surface area (TPSA) is 49.4 Å². The number of nitrogens with one attached hydrogen (secondary N) is 1. The molecule has 4 rings (SSSR count). The van der Waals surface area contributed by atoms with Gasteiger partial charge in [0.05, 0.1) is 5.69 Å². The fraction of sp³-hybridized carbons (Fsp3) is 0.0526. The van der Waals surface area contributed by atoms with Gasteiger partial charge in [-0.3, -0.25) is 9.59 Å². The monoisotopic (exact) mass is 302 g/mol. The lowest BCUT2D eigenvalue weighted by Gasteiger charge is -2.12. The summed E-state index contributed by atoms with van der Waals surface area (Å²) in [7, 11) is 1.76. The van der Waals surface area contributed by atoms with Gasteiger partial charge in [0.2, 0.25) is 0 Å². The third kappa shape index (κ3) is 1.99. The predicted molar refractivity (Wildman–Crippen MR) is 91.1 cm³/mol. The molecule has 0 atom stereocenters. The second-order valence-electron chi connectivity index (χ2n) is 5.54. The van der Waals surface area contributed by atoms with E-state index in [1.807, 2.05) is 48.5 Å². The Hall–Kier alpha value is -3.14. The normalized spacial score (nSPS) is 12.7. The molecule has 0 fully saturated rings. The van der Waals surface area contributed by atoms with E-state index in [4.69, 9.17) is 0 Å². The van der Waals surface area contributed by atoms with Crippen molar-refractivity contribution in [2.75, 3.05) is 17.3 Å². The van der Waals surface area contributed by atoms with Crippen LogP contribution in [-0.4, -0.2) is 18.9 Å². The maximum absolute atomic E-state index is 12.4. The van der Waals surface area contributed by atoms with Gasteiger partial charge in [-0.15, -0.1) is 0 Å². The van der Waals surface area contributed by atoms with E-state index in [-0.39, 0.29) is 11.8 Å². The zero-order chi connectivity index (χ0) is 16.0. The molecule has 1 aliphatic rings. The van der Waals surface area contributed by atoms with Crippen molar-refractivity contribution < 1.29 is 9.59 Å². The summed E-state index contributed by atoms with van der Waals surface area (Å²) in [5.41, 5.74) is 2.86. The predicted octanol–water partition coefficient (Wildman–Crippen LogP) is 3.68. The smallest absolute Gasteiger partial charge is 0.258 e. The summed E-state index contributed by atoms with van der Waals surface area (Å²) in [6, 6.07) is 18.4. The second kappa shape index (κ2) is 4.95. The Balaban J connectivity index is 1.82. The zero-order valence-corrected chi connectivity index (χ0v) is 12.5. The number of rotatable bonds is 2. The number of hydrogen-bond acceptors (Lipinski definition) is 2. The maximum atomic E-state index is 12.4. The van der Waals surface area contributed by atoms with Gasteiger partial charge in [0.15, 0.2) is 0 Å². The van der Waals surface area contributed by atoms with E-state index in [0.717, 1.165) is 16.5 Å². The first kappa shape index (κ1) is 13.5. The Morgan fingerprint density at radius 2 is 1.74 bits per heavy atom. The summed E-state index contributed by atoms with van der Waals surface area (Å²) in [6.45, 7) is 0. The van der Waals surface area contributed by atoms with Crippen molar-refractivity contribution in [2.24, 2.45) is 0 Å². The molecule has 0 saturated heterocycles. The van der Waals surface area contributed by atoms with Crippen LogP contribution in [0.5, 0.6) is 0 Å². The molecule has 0 spiro atoms. The molecular weight excluding hydrogens is 288 g/mol. The van der Waals surface area contributed by atoms with Crippen LogP contribution in [0.4, 0.5) is 11.4 Å². The van der Waals surface area contributed by atoms with Crippen LogP contribution in [0, 0.1) is 0 Å². The fourth-order valence-corrected chi connectivity index (χ4v) is 3.03. The lowest BCUT2D eigenvalue weighted by Crippen LogP contribution is -2.20. The van der Waals surface area contributed by atoms with Gasteiger partial charge in [-0.1, -0.05) is 30.3 Å². The van der Waals surface area contributed by atoms with E-state index in [0.29, 0.717) is 16.8 Å². The third-order valence-corrected chi connectivity index (χ3v) is 4.20. The summed E-state index contributed by atoms with van der Waals surface area (Å²) in [5, 5.41) is 4.72. The van der Waals surface area contributed by atoms with Crippen molar-refractivity contribution in [3.8, 4) is 0 Å².